The summed E-state index contributed by atoms with van der Waals surface area (Å²) in [6.07, 6.45) is 15.6. The summed E-state index contributed by atoms with van der Waals surface area (Å²) in [6.45, 7) is 5.77. The Bertz CT molecular complexity index is 635. The maximum absolute atomic E-state index is 14.0. The summed E-state index contributed by atoms with van der Waals surface area (Å²) >= 11 is 0. The van der Waals surface area contributed by atoms with Crippen LogP contribution < -0.4 is 0 Å². The van der Waals surface area contributed by atoms with Crippen molar-refractivity contribution in [1.29, 1.82) is 0 Å². The van der Waals surface area contributed by atoms with Crippen molar-refractivity contribution in [2.24, 2.45) is 17.8 Å². The van der Waals surface area contributed by atoms with E-state index in [2.05, 4.69) is 49.9 Å². The number of aryl methyl sites for hydroxylation is 1. The predicted molar refractivity (Wildman–Crippen MR) is 115 cm³/mol. The maximum Gasteiger partial charge on any atom is 0.254 e. The van der Waals surface area contributed by atoms with Crippen molar-refractivity contribution in [3.05, 3.63) is 60.2 Å². The summed E-state index contributed by atoms with van der Waals surface area (Å²) in [5.41, 5.74) is 2.92. The van der Waals surface area contributed by atoms with Gasteiger partial charge in [-0.3, -0.25) is 0 Å². The number of benzene rings is 1. The minimum absolute atomic E-state index is 0.0118. The zero-order chi connectivity index (χ0) is 20.0. The predicted octanol–water partition coefficient (Wildman–Crippen LogP) is 8.10. The summed E-state index contributed by atoms with van der Waals surface area (Å²) in [5.74, 6) is -1.66. The van der Waals surface area contributed by atoms with Gasteiger partial charge in [-0.2, -0.15) is 0 Å². The lowest BCUT2D eigenvalue weighted by atomic mass is 9.77. The molecule has 0 spiro atoms. The lowest BCUT2D eigenvalue weighted by Gasteiger charge is -2.33. The molecular weight excluding hydrogens is 350 g/mol. The number of hydrogen-bond acceptors (Lipinski definition) is 0. The van der Waals surface area contributed by atoms with E-state index < -0.39 is 11.8 Å². The smallest absolute Gasteiger partial charge is 0.206 e. The van der Waals surface area contributed by atoms with Crippen LogP contribution in [0.15, 0.2) is 49.1 Å². The summed E-state index contributed by atoms with van der Waals surface area (Å²) in [7, 11) is 0. The first-order valence-corrected chi connectivity index (χ1v) is 11.3. The Hall–Kier alpha value is -1.44. The van der Waals surface area contributed by atoms with Crippen molar-refractivity contribution >= 4 is 0 Å². The fourth-order valence-electron chi connectivity index (χ4n) is 5.09. The first-order valence-electron chi connectivity index (χ1n) is 11.3. The Labute approximate surface area is 170 Å². The molecule has 0 aliphatic heterocycles. The number of alkyl halides is 2. The van der Waals surface area contributed by atoms with Crippen molar-refractivity contribution in [2.75, 3.05) is 0 Å². The van der Waals surface area contributed by atoms with Gasteiger partial charge in [0, 0.05) is 12.3 Å². The highest BCUT2D eigenvalue weighted by atomic mass is 19.3. The van der Waals surface area contributed by atoms with Crippen LogP contribution in [0.1, 0.15) is 81.8 Å². The first kappa shape index (κ1) is 21.3. The molecule has 28 heavy (non-hydrogen) atoms. The van der Waals surface area contributed by atoms with E-state index in [-0.39, 0.29) is 12.3 Å². The Morgan fingerprint density at radius 2 is 1.75 bits per heavy atom. The van der Waals surface area contributed by atoms with Gasteiger partial charge in [0.1, 0.15) is 0 Å². The van der Waals surface area contributed by atoms with Gasteiger partial charge in [0.25, 0.3) is 5.92 Å². The summed E-state index contributed by atoms with van der Waals surface area (Å²) < 4.78 is 28.1. The van der Waals surface area contributed by atoms with Crippen LogP contribution in [0.5, 0.6) is 0 Å². The molecule has 0 radical (unpaired) electrons. The van der Waals surface area contributed by atoms with Gasteiger partial charge < -0.3 is 0 Å². The van der Waals surface area contributed by atoms with Gasteiger partial charge in [-0.25, -0.2) is 8.78 Å². The fourth-order valence-corrected chi connectivity index (χ4v) is 5.09. The molecule has 2 saturated carbocycles. The third-order valence-corrected chi connectivity index (χ3v) is 7.07. The molecule has 0 nitrogen and oxygen atoms in total. The van der Waals surface area contributed by atoms with E-state index in [0.717, 1.165) is 31.1 Å². The first-order chi connectivity index (χ1) is 13.5. The van der Waals surface area contributed by atoms with Gasteiger partial charge in [0.15, 0.2) is 0 Å². The second-order valence-electron chi connectivity index (χ2n) is 8.96. The van der Waals surface area contributed by atoms with E-state index in [0.29, 0.717) is 6.42 Å². The molecule has 2 heteroatoms. The molecule has 154 valence electrons. The van der Waals surface area contributed by atoms with Crippen molar-refractivity contribution in [3.8, 4) is 0 Å². The molecule has 0 aromatic heterocycles. The van der Waals surface area contributed by atoms with Crippen LogP contribution >= 0.6 is 0 Å². The number of halogens is 2. The minimum Gasteiger partial charge on any atom is -0.206 e. The van der Waals surface area contributed by atoms with E-state index in [4.69, 9.17) is 0 Å². The fraction of sp³-hybridized carbons (Fsp3) is 0.615. The molecule has 0 saturated heterocycles. The van der Waals surface area contributed by atoms with E-state index in [1.165, 1.54) is 49.3 Å². The Kier molecular flexibility index (Phi) is 7.48. The molecule has 0 N–H and O–H groups in total. The minimum atomic E-state index is -2.58. The number of rotatable bonds is 7. The van der Waals surface area contributed by atoms with Crippen molar-refractivity contribution < 1.29 is 8.78 Å². The average molecular weight is 387 g/mol. The standard InChI is InChI=1S/C26H36F2/c1-3-20-9-14-23(15-10-20)24-16-11-21(12-17-24)7-5-6-8-22-13-18-25(4-2)26(27,28)19-22/h4,6,8-10,14-15,21-22,24-25H,2-3,5,7,11-13,16-19H2,1H3/b8-6+. The zero-order valence-corrected chi connectivity index (χ0v) is 17.4. The molecule has 0 heterocycles. The summed E-state index contributed by atoms with van der Waals surface area (Å²) in [4.78, 5) is 0. The van der Waals surface area contributed by atoms with Crippen LogP contribution in [0, 0.1) is 17.8 Å². The van der Waals surface area contributed by atoms with Gasteiger partial charge in [-0.15, -0.1) is 6.58 Å². The van der Waals surface area contributed by atoms with Crippen molar-refractivity contribution in [2.45, 2.75) is 83.0 Å². The number of allylic oxidation sites excluding steroid dienone is 3. The number of hydrogen-bond donors (Lipinski definition) is 0. The van der Waals surface area contributed by atoms with E-state index in [1.54, 1.807) is 0 Å². The van der Waals surface area contributed by atoms with Crippen molar-refractivity contribution in [3.63, 3.8) is 0 Å². The maximum atomic E-state index is 14.0. The second kappa shape index (κ2) is 9.85. The molecular formula is C26H36F2. The van der Waals surface area contributed by atoms with Crippen LogP contribution in [0.3, 0.4) is 0 Å². The van der Waals surface area contributed by atoms with Gasteiger partial charge >= 0.3 is 0 Å². The highest BCUT2D eigenvalue weighted by Gasteiger charge is 2.42. The van der Waals surface area contributed by atoms with Gasteiger partial charge in [-0.1, -0.05) is 49.4 Å². The average Bonchev–Trinajstić information content (AvgIpc) is 2.71. The topological polar surface area (TPSA) is 0 Å². The highest BCUT2D eigenvalue weighted by Crippen LogP contribution is 2.42. The molecule has 3 rings (SSSR count). The molecule has 0 bridgehead atoms. The van der Waals surface area contributed by atoms with E-state index in [9.17, 15) is 8.78 Å². The second-order valence-corrected chi connectivity index (χ2v) is 8.96. The largest absolute Gasteiger partial charge is 0.254 e. The SMILES string of the molecule is C=CC1CCC(/C=C/CCC2CCC(c3ccc(CC)cc3)CC2)CC1(F)F. The summed E-state index contributed by atoms with van der Waals surface area (Å²) in [5, 5.41) is 0. The molecule has 0 amide bonds. The quantitative estimate of drug-likeness (QED) is 0.415. The molecule has 2 aliphatic carbocycles. The van der Waals surface area contributed by atoms with E-state index in [1.807, 2.05) is 0 Å². The van der Waals surface area contributed by atoms with Gasteiger partial charge in [-0.05, 0) is 86.7 Å². The molecule has 2 unspecified atom stereocenters. The Morgan fingerprint density at radius 3 is 2.36 bits per heavy atom. The third kappa shape index (κ3) is 5.55. The normalized spacial score (nSPS) is 30.4. The van der Waals surface area contributed by atoms with E-state index >= 15 is 0 Å². The zero-order valence-electron chi connectivity index (χ0n) is 17.4. The Morgan fingerprint density at radius 1 is 1.04 bits per heavy atom. The van der Waals surface area contributed by atoms with Crippen LogP contribution in [0.2, 0.25) is 0 Å². The molecule has 1 aromatic rings. The molecule has 2 atom stereocenters. The lowest BCUT2D eigenvalue weighted by Crippen LogP contribution is -2.34. The molecule has 1 aromatic carbocycles. The highest BCUT2D eigenvalue weighted by molar-refractivity contribution is 5.25. The summed E-state index contributed by atoms with van der Waals surface area (Å²) in [6, 6.07) is 9.20. The van der Waals surface area contributed by atoms with Crippen molar-refractivity contribution in [1.82, 2.24) is 0 Å². The van der Waals surface area contributed by atoms with Crippen LogP contribution in [-0.2, 0) is 6.42 Å². The van der Waals surface area contributed by atoms with Crippen LogP contribution in [-0.4, -0.2) is 5.92 Å². The van der Waals surface area contributed by atoms with Crippen LogP contribution in [0.4, 0.5) is 8.78 Å². The molecule has 2 fully saturated rings. The third-order valence-electron chi connectivity index (χ3n) is 7.07. The van der Waals surface area contributed by atoms with Gasteiger partial charge in [0.05, 0.1) is 0 Å². The monoisotopic (exact) mass is 386 g/mol. The van der Waals surface area contributed by atoms with Crippen LogP contribution in [0.25, 0.3) is 0 Å². The molecule has 2 aliphatic rings. The van der Waals surface area contributed by atoms with Gasteiger partial charge in [0.2, 0.25) is 0 Å². The Balaban J connectivity index is 1.37. The lowest BCUT2D eigenvalue weighted by molar-refractivity contribution is -0.0782.